The zero-order valence-electron chi connectivity index (χ0n) is 13.3. The molecule has 0 amide bonds. The van der Waals surface area contributed by atoms with Crippen LogP contribution in [0.2, 0.25) is 0 Å². The van der Waals surface area contributed by atoms with E-state index in [1.165, 1.54) is 37.7 Å². The molecule has 0 aliphatic carbocycles. The molecule has 0 atom stereocenters. The zero-order chi connectivity index (χ0) is 14.8. The van der Waals surface area contributed by atoms with Crippen LogP contribution in [0.3, 0.4) is 0 Å². The Morgan fingerprint density at radius 2 is 1.76 bits per heavy atom. The quantitative estimate of drug-likeness (QED) is 0.699. The third-order valence-electron chi connectivity index (χ3n) is 3.81. The maximum absolute atomic E-state index is 5.74. The van der Waals surface area contributed by atoms with Crippen LogP contribution in [0, 0.1) is 0 Å². The minimum absolute atomic E-state index is 0.762. The summed E-state index contributed by atoms with van der Waals surface area (Å²) in [5, 5.41) is 3.45. The fourth-order valence-electron chi connectivity index (χ4n) is 2.60. The molecule has 2 rings (SSSR count). The van der Waals surface area contributed by atoms with Crippen molar-refractivity contribution in [1.82, 2.24) is 5.32 Å². The van der Waals surface area contributed by atoms with E-state index in [-0.39, 0.29) is 0 Å². The molecule has 0 saturated carbocycles. The van der Waals surface area contributed by atoms with E-state index in [0.717, 1.165) is 50.6 Å². The summed E-state index contributed by atoms with van der Waals surface area (Å²) < 4.78 is 11.4. The number of fused-ring (bicyclic) bond motifs is 1. The van der Waals surface area contributed by atoms with Gasteiger partial charge in [0.25, 0.3) is 0 Å². The number of aryl methyl sites for hydroxylation is 1. The summed E-state index contributed by atoms with van der Waals surface area (Å²) in [5.74, 6) is 1.83. The van der Waals surface area contributed by atoms with Gasteiger partial charge in [0.05, 0.1) is 13.2 Å². The van der Waals surface area contributed by atoms with Crippen LogP contribution in [-0.4, -0.2) is 26.3 Å². The average Bonchev–Trinajstić information content (AvgIpc) is 2.74. The van der Waals surface area contributed by atoms with Crippen molar-refractivity contribution in [3.63, 3.8) is 0 Å². The molecule has 3 nitrogen and oxygen atoms in total. The molecule has 0 spiro atoms. The van der Waals surface area contributed by atoms with E-state index in [0.29, 0.717) is 0 Å². The second-order valence-corrected chi connectivity index (χ2v) is 5.75. The topological polar surface area (TPSA) is 30.5 Å². The molecule has 21 heavy (non-hydrogen) atoms. The Kier molecular flexibility index (Phi) is 7.44. The first kappa shape index (κ1) is 16.2. The van der Waals surface area contributed by atoms with Crippen LogP contribution >= 0.6 is 0 Å². The lowest BCUT2D eigenvalue weighted by Gasteiger charge is -2.09. The lowest BCUT2D eigenvalue weighted by atomic mass is 10.1. The molecule has 1 N–H and O–H groups in total. The fraction of sp³-hybridized carbons (Fsp3) is 0.667. The van der Waals surface area contributed by atoms with Crippen molar-refractivity contribution in [3.05, 3.63) is 23.8 Å². The lowest BCUT2D eigenvalue weighted by molar-refractivity contribution is 0.297. The highest BCUT2D eigenvalue weighted by Crippen LogP contribution is 2.30. The first-order valence-corrected chi connectivity index (χ1v) is 8.49. The van der Waals surface area contributed by atoms with Gasteiger partial charge in [0.2, 0.25) is 0 Å². The van der Waals surface area contributed by atoms with E-state index in [2.05, 4.69) is 30.4 Å². The highest BCUT2D eigenvalue weighted by Gasteiger charge is 2.10. The standard InChI is InChI=1S/C18H29NO2/c1-2-11-19-12-6-4-3-5-8-16-9-10-17-18(15-16)21-14-7-13-20-17/h9-10,15,19H,2-8,11-14H2,1H3. The van der Waals surface area contributed by atoms with Crippen molar-refractivity contribution in [2.75, 3.05) is 26.3 Å². The van der Waals surface area contributed by atoms with Gasteiger partial charge in [-0.25, -0.2) is 0 Å². The predicted molar refractivity (Wildman–Crippen MR) is 87.4 cm³/mol. The van der Waals surface area contributed by atoms with Gasteiger partial charge in [0.1, 0.15) is 0 Å². The Labute approximate surface area is 129 Å². The Bertz CT molecular complexity index is 406. The molecule has 1 aliphatic heterocycles. The second kappa shape index (κ2) is 9.67. The number of unbranched alkanes of at least 4 members (excludes halogenated alkanes) is 3. The maximum Gasteiger partial charge on any atom is 0.161 e. The summed E-state index contributed by atoms with van der Waals surface area (Å²) >= 11 is 0. The summed E-state index contributed by atoms with van der Waals surface area (Å²) in [4.78, 5) is 0. The minimum atomic E-state index is 0.762. The third kappa shape index (κ3) is 5.96. The molecule has 0 fully saturated rings. The Morgan fingerprint density at radius 3 is 2.62 bits per heavy atom. The molecular formula is C18H29NO2. The van der Waals surface area contributed by atoms with Crippen LogP contribution in [-0.2, 0) is 6.42 Å². The molecule has 1 aromatic rings. The Hall–Kier alpha value is -1.22. The van der Waals surface area contributed by atoms with Crippen LogP contribution in [0.15, 0.2) is 18.2 Å². The number of ether oxygens (including phenoxy) is 2. The number of benzene rings is 1. The van der Waals surface area contributed by atoms with E-state index < -0.39 is 0 Å². The van der Waals surface area contributed by atoms with Gasteiger partial charge in [0.15, 0.2) is 11.5 Å². The molecule has 0 bridgehead atoms. The van der Waals surface area contributed by atoms with E-state index >= 15 is 0 Å². The van der Waals surface area contributed by atoms with Gasteiger partial charge in [-0.15, -0.1) is 0 Å². The van der Waals surface area contributed by atoms with Gasteiger partial charge in [-0.3, -0.25) is 0 Å². The smallest absolute Gasteiger partial charge is 0.161 e. The van der Waals surface area contributed by atoms with E-state index in [1.54, 1.807) is 0 Å². The molecule has 0 unspecified atom stereocenters. The van der Waals surface area contributed by atoms with Gasteiger partial charge in [-0.1, -0.05) is 25.8 Å². The van der Waals surface area contributed by atoms with Crippen LogP contribution in [0.4, 0.5) is 0 Å². The lowest BCUT2D eigenvalue weighted by Crippen LogP contribution is -2.15. The Balaban J connectivity index is 1.63. The van der Waals surface area contributed by atoms with E-state index in [9.17, 15) is 0 Å². The van der Waals surface area contributed by atoms with Crippen molar-refractivity contribution in [2.45, 2.75) is 51.9 Å². The summed E-state index contributed by atoms with van der Waals surface area (Å²) in [7, 11) is 0. The summed E-state index contributed by atoms with van der Waals surface area (Å²) in [6.45, 7) is 6.05. The van der Waals surface area contributed by atoms with Gasteiger partial charge < -0.3 is 14.8 Å². The molecule has 0 aromatic heterocycles. The number of nitrogens with one attached hydrogen (secondary N) is 1. The predicted octanol–water partition coefficient (Wildman–Crippen LogP) is 3.95. The van der Waals surface area contributed by atoms with Crippen molar-refractivity contribution in [1.29, 1.82) is 0 Å². The van der Waals surface area contributed by atoms with Crippen LogP contribution in [0.25, 0.3) is 0 Å². The molecule has 3 heteroatoms. The highest BCUT2D eigenvalue weighted by atomic mass is 16.5. The normalized spacial score (nSPS) is 14.0. The van der Waals surface area contributed by atoms with Gasteiger partial charge in [-0.2, -0.15) is 0 Å². The summed E-state index contributed by atoms with van der Waals surface area (Å²) in [6.07, 6.45) is 8.51. The SMILES string of the molecule is CCCNCCCCCCc1ccc2c(c1)OCCCO2. The largest absolute Gasteiger partial charge is 0.490 e. The molecular weight excluding hydrogens is 262 g/mol. The first-order chi connectivity index (χ1) is 10.4. The molecule has 118 valence electrons. The van der Waals surface area contributed by atoms with E-state index in [4.69, 9.17) is 9.47 Å². The van der Waals surface area contributed by atoms with E-state index in [1.807, 2.05) is 0 Å². The van der Waals surface area contributed by atoms with Crippen LogP contribution in [0.1, 0.15) is 51.0 Å². The molecule has 1 aliphatic rings. The van der Waals surface area contributed by atoms with Crippen molar-refractivity contribution < 1.29 is 9.47 Å². The summed E-state index contributed by atoms with van der Waals surface area (Å²) in [6, 6.07) is 6.39. The van der Waals surface area contributed by atoms with Crippen molar-refractivity contribution >= 4 is 0 Å². The summed E-state index contributed by atoms with van der Waals surface area (Å²) in [5.41, 5.74) is 1.36. The maximum atomic E-state index is 5.74. The van der Waals surface area contributed by atoms with Crippen LogP contribution < -0.4 is 14.8 Å². The fourth-order valence-corrected chi connectivity index (χ4v) is 2.60. The monoisotopic (exact) mass is 291 g/mol. The zero-order valence-corrected chi connectivity index (χ0v) is 13.3. The second-order valence-electron chi connectivity index (χ2n) is 5.75. The average molecular weight is 291 g/mol. The van der Waals surface area contributed by atoms with Crippen molar-refractivity contribution in [3.8, 4) is 11.5 Å². The van der Waals surface area contributed by atoms with Gasteiger partial charge in [0, 0.05) is 6.42 Å². The number of rotatable bonds is 9. The highest BCUT2D eigenvalue weighted by molar-refractivity contribution is 5.43. The Morgan fingerprint density at radius 1 is 0.952 bits per heavy atom. The molecule has 1 heterocycles. The molecule has 0 radical (unpaired) electrons. The van der Waals surface area contributed by atoms with Gasteiger partial charge >= 0.3 is 0 Å². The van der Waals surface area contributed by atoms with Crippen LogP contribution in [0.5, 0.6) is 11.5 Å². The minimum Gasteiger partial charge on any atom is -0.490 e. The molecule has 0 saturated heterocycles. The third-order valence-corrected chi connectivity index (χ3v) is 3.81. The van der Waals surface area contributed by atoms with Gasteiger partial charge in [-0.05, 0) is 56.5 Å². The number of hydrogen-bond acceptors (Lipinski definition) is 3. The van der Waals surface area contributed by atoms with Crippen molar-refractivity contribution in [2.24, 2.45) is 0 Å². The molecule has 1 aromatic carbocycles. The number of hydrogen-bond donors (Lipinski definition) is 1. The first-order valence-electron chi connectivity index (χ1n) is 8.49.